The molecule has 140 valence electrons. The molecule has 1 aromatic rings. The Labute approximate surface area is 150 Å². The molecule has 25 heavy (non-hydrogen) atoms. The monoisotopic (exact) mass is 350 g/mol. The second-order valence-electron chi connectivity index (χ2n) is 7.52. The van der Waals surface area contributed by atoms with Crippen LogP contribution in [0.4, 0.5) is 4.79 Å². The normalized spacial score (nSPS) is 21.0. The number of carbonyl (C=O) groups is 1. The van der Waals surface area contributed by atoms with Crippen molar-refractivity contribution in [2.24, 2.45) is 11.7 Å². The van der Waals surface area contributed by atoms with E-state index in [4.69, 9.17) is 19.9 Å². The minimum Gasteiger partial charge on any atom is -0.493 e. The molecule has 2 rings (SSSR count). The Balaban J connectivity index is 1.96. The lowest BCUT2D eigenvalue weighted by atomic mass is 9.88. The largest absolute Gasteiger partial charge is 0.493 e. The Bertz CT molecular complexity index is 598. The minimum absolute atomic E-state index is 0.311. The molecular formula is C19H30N2O4. The number of carbonyl (C=O) groups excluding carboxylic acids is 1. The highest BCUT2D eigenvalue weighted by molar-refractivity contribution is 5.68. The quantitative estimate of drug-likeness (QED) is 0.903. The van der Waals surface area contributed by atoms with Crippen LogP contribution in [0.25, 0.3) is 0 Å². The van der Waals surface area contributed by atoms with Crippen LogP contribution in [0.1, 0.15) is 39.2 Å². The minimum atomic E-state index is -0.507. The topological polar surface area (TPSA) is 74.0 Å². The first-order chi connectivity index (χ1) is 11.7. The molecule has 2 unspecified atom stereocenters. The third-order valence-corrected chi connectivity index (χ3v) is 4.35. The van der Waals surface area contributed by atoms with E-state index >= 15 is 0 Å². The van der Waals surface area contributed by atoms with Crippen LogP contribution < -0.4 is 15.2 Å². The summed E-state index contributed by atoms with van der Waals surface area (Å²) in [4.78, 5) is 13.9. The van der Waals surface area contributed by atoms with Gasteiger partial charge in [0.1, 0.15) is 5.60 Å². The molecule has 1 amide bonds. The second kappa shape index (κ2) is 7.95. The molecule has 1 aliphatic rings. The first kappa shape index (κ1) is 19.4. The average Bonchev–Trinajstić information content (AvgIpc) is 2.53. The number of rotatable bonds is 4. The van der Waals surface area contributed by atoms with Crippen molar-refractivity contribution in [3.63, 3.8) is 0 Å². The van der Waals surface area contributed by atoms with Crippen molar-refractivity contribution < 1.29 is 19.0 Å². The van der Waals surface area contributed by atoms with Crippen LogP contribution in [-0.2, 0) is 11.2 Å². The highest BCUT2D eigenvalue weighted by Crippen LogP contribution is 2.31. The van der Waals surface area contributed by atoms with Gasteiger partial charge in [-0.3, -0.25) is 4.90 Å². The fraction of sp³-hybridized carbons (Fsp3) is 0.632. The van der Waals surface area contributed by atoms with Crippen LogP contribution in [0.5, 0.6) is 11.5 Å². The van der Waals surface area contributed by atoms with Gasteiger partial charge in [0.15, 0.2) is 11.5 Å². The Hall–Kier alpha value is -1.95. The van der Waals surface area contributed by atoms with Gasteiger partial charge < -0.3 is 19.9 Å². The summed E-state index contributed by atoms with van der Waals surface area (Å²) in [7, 11) is 3.26. The van der Waals surface area contributed by atoms with E-state index in [0.717, 1.165) is 30.8 Å². The maximum absolute atomic E-state index is 12.2. The predicted molar refractivity (Wildman–Crippen MR) is 96.9 cm³/mol. The zero-order chi connectivity index (χ0) is 18.6. The maximum atomic E-state index is 12.2. The Kier molecular flexibility index (Phi) is 6.16. The van der Waals surface area contributed by atoms with Crippen LogP contribution in [0.3, 0.4) is 0 Å². The Morgan fingerprint density at radius 2 is 1.92 bits per heavy atom. The SMILES string of the molecule is COc1ccc(CC2CCN(C(=O)OC(C)(C)C)C(N)C2)cc1OC. The molecule has 0 saturated carbocycles. The summed E-state index contributed by atoms with van der Waals surface area (Å²) < 4.78 is 16.1. The molecule has 1 aromatic carbocycles. The fourth-order valence-electron chi connectivity index (χ4n) is 3.15. The molecule has 0 bridgehead atoms. The van der Waals surface area contributed by atoms with Gasteiger partial charge in [-0.25, -0.2) is 4.79 Å². The highest BCUT2D eigenvalue weighted by Gasteiger charge is 2.32. The van der Waals surface area contributed by atoms with Crippen LogP contribution in [0.15, 0.2) is 18.2 Å². The maximum Gasteiger partial charge on any atom is 0.411 e. The molecule has 0 aliphatic carbocycles. The average molecular weight is 350 g/mol. The summed E-state index contributed by atoms with van der Waals surface area (Å²) in [5, 5.41) is 0. The van der Waals surface area contributed by atoms with Gasteiger partial charge in [-0.05, 0) is 63.6 Å². The zero-order valence-electron chi connectivity index (χ0n) is 15.9. The lowest BCUT2D eigenvalue weighted by molar-refractivity contribution is 0.00556. The number of likely N-dealkylation sites (tertiary alicyclic amines) is 1. The van der Waals surface area contributed by atoms with E-state index in [1.54, 1.807) is 19.1 Å². The van der Waals surface area contributed by atoms with E-state index < -0.39 is 5.60 Å². The number of nitrogens with zero attached hydrogens (tertiary/aromatic N) is 1. The van der Waals surface area contributed by atoms with E-state index in [1.165, 1.54) is 5.56 Å². The van der Waals surface area contributed by atoms with Crippen LogP contribution in [0.2, 0.25) is 0 Å². The summed E-state index contributed by atoms with van der Waals surface area (Å²) >= 11 is 0. The fourth-order valence-corrected chi connectivity index (χ4v) is 3.15. The number of hydrogen-bond acceptors (Lipinski definition) is 5. The van der Waals surface area contributed by atoms with Crippen LogP contribution >= 0.6 is 0 Å². The number of ether oxygens (including phenoxy) is 3. The van der Waals surface area contributed by atoms with Gasteiger partial charge in [0.25, 0.3) is 0 Å². The van der Waals surface area contributed by atoms with E-state index in [-0.39, 0.29) is 12.3 Å². The zero-order valence-corrected chi connectivity index (χ0v) is 15.9. The molecule has 2 N–H and O–H groups in total. The first-order valence-electron chi connectivity index (χ1n) is 8.69. The molecule has 2 atom stereocenters. The third kappa shape index (κ3) is 5.26. The van der Waals surface area contributed by atoms with Crippen molar-refractivity contribution >= 4 is 6.09 Å². The van der Waals surface area contributed by atoms with Gasteiger partial charge in [-0.2, -0.15) is 0 Å². The first-order valence-corrected chi connectivity index (χ1v) is 8.69. The summed E-state index contributed by atoms with van der Waals surface area (Å²) in [6, 6.07) is 5.97. The van der Waals surface area contributed by atoms with Gasteiger partial charge in [-0.1, -0.05) is 6.07 Å². The molecule has 6 heteroatoms. The predicted octanol–water partition coefficient (Wildman–Crippen LogP) is 3.18. The number of nitrogens with two attached hydrogens (primary N) is 1. The molecule has 0 radical (unpaired) electrons. The second-order valence-corrected chi connectivity index (χ2v) is 7.52. The van der Waals surface area contributed by atoms with Crippen molar-refractivity contribution in [3.8, 4) is 11.5 Å². The van der Waals surface area contributed by atoms with E-state index in [0.29, 0.717) is 12.5 Å². The molecule has 0 spiro atoms. The summed E-state index contributed by atoms with van der Waals surface area (Å²) in [5.74, 6) is 1.88. The van der Waals surface area contributed by atoms with Gasteiger partial charge in [0.2, 0.25) is 0 Å². The van der Waals surface area contributed by atoms with E-state index in [9.17, 15) is 4.79 Å². The molecule has 0 aromatic heterocycles. The van der Waals surface area contributed by atoms with E-state index in [2.05, 4.69) is 0 Å². The molecule has 1 saturated heterocycles. The molecule has 1 fully saturated rings. The van der Waals surface area contributed by atoms with Crippen LogP contribution in [-0.4, -0.2) is 43.5 Å². The lowest BCUT2D eigenvalue weighted by Crippen LogP contribution is -2.52. The van der Waals surface area contributed by atoms with E-state index in [1.807, 2.05) is 39.0 Å². The Morgan fingerprint density at radius 3 is 2.48 bits per heavy atom. The van der Waals surface area contributed by atoms with Crippen molar-refractivity contribution in [3.05, 3.63) is 23.8 Å². The van der Waals surface area contributed by atoms with Gasteiger partial charge in [-0.15, -0.1) is 0 Å². The molecule has 1 heterocycles. The smallest absolute Gasteiger partial charge is 0.411 e. The van der Waals surface area contributed by atoms with Crippen molar-refractivity contribution in [2.45, 2.75) is 51.8 Å². The number of hydrogen-bond donors (Lipinski definition) is 1. The molecule has 1 aliphatic heterocycles. The summed E-state index contributed by atoms with van der Waals surface area (Å²) in [6.07, 6.45) is 1.92. The van der Waals surface area contributed by atoms with Gasteiger partial charge in [0.05, 0.1) is 20.4 Å². The number of piperidine rings is 1. The van der Waals surface area contributed by atoms with Gasteiger partial charge in [0, 0.05) is 6.54 Å². The highest BCUT2D eigenvalue weighted by atomic mass is 16.6. The Morgan fingerprint density at radius 1 is 1.24 bits per heavy atom. The number of amides is 1. The summed E-state index contributed by atoms with van der Waals surface area (Å²) in [6.45, 7) is 6.20. The van der Waals surface area contributed by atoms with Crippen molar-refractivity contribution in [1.29, 1.82) is 0 Å². The molecule has 6 nitrogen and oxygen atoms in total. The third-order valence-electron chi connectivity index (χ3n) is 4.35. The van der Waals surface area contributed by atoms with Crippen molar-refractivity contribution in [1.82, 2.24) is 4.90 Å². The number of methoxy groups -OCH3 is 2. The molecular weight excluding hydrogens is 320 g/mol. The van der Waals surface area contributed by atoms with Crippen LogP contribution in [0, 0.1) is 5.92 Å². The number of benzene rings is 1. The van der Waals surface area contributed by atoms with Crippen molar-refractivity contribution in [2.75, 3.05) is 20.8 Å². The van der Waals surface area contributed by atoms with Gasteiger partial charge >= 0.3 is 6.09 Å². The summed E-state index contributed by atoms with van der Waals surface area (Å²) in [5.41, 5.74) is 6.90. The lowest BCUT2D eigenvalue weighted by Gasteiger charge is -2.38. The standard InChI is InChI=1S/C19H30N2O4/c1-19(2,3)25-18(22)21-9-8-14(12-17(21)20)10-13-6-7-15(23-4)16(11-13)24-5/h6-7,11,14,17H,8-10,12,20H2,1-5H3.